The molecule has 0 radical (unpaired) electrons. The minimum atomic E-state index is -4.84. The Hall–Kier alpha value is -4.23. The van der Waals surface area contributed by atoms with Crippen LogP contribution in [-0.4, -0.2) is 117 Å². The van der Waals surface area contributed by atoms with E-state index in [1.54, 1.807) is 27.7 Å². The normalized spacial score (nSPS) is 26.1. The number of hydrogen-bond acceptors (Lipinski definition) is 11. The Morgan fingerprint density at radius 2 is 1.48 bits per heavy atom. The summed E-state index contributed by atoms with van der Waals surface area (Å²) in [6.45, 7) is 7.13. The maximum atomic E-state index is 13.8. The average molecular weight is 799 g/mol. The number of thioether (sulfide) groups is 1. The Morgan fingerprint density at radius 1 is 0.889 bits per heavy atom. The molecule has 2 heterocycles. The highest BCUT2D eigenvalue weighted by Gasteiger charge is 2.40. The molecule has 2 aliphatic heterocycles. The van der Waals surface area contributed by atoms with Crippen LogP contribution in [-0.2, 0) is 44.5 Å². The van der Waals surface area contributed by atoms with E-state index < -0.39 is 97.8 Å². The van der Waals surface area contributed by atoms with Gasteiger partial charge in [0.25, 0.3) is 0 Å². The first-order valence-electron chi connectivity index (χ1n) is 17.5. The van der Waals surface area contributed by atoms with Gasteiger partial charge in [0.15, 0.2) is 0 Å². The first-order valence-corrected chi connectivity index (χ1v) is 20.2. The van der Waals surface area contributed by atoms with Crippen molar-refractivity contribution < 1.29 is 52.4 Å². The summed E-state index contributed by atoms with van der Waals surface area (Å²) in [6.07, 6.45) is 0.174. The summed E-state index contributed by atoms with van der Waals surface area (Å²) >= 11 is 1.28. The van der Waals surface area contributed by atoms with Crippen LogP contribution >= 0.6 is 19.6 Å². The molecule has 54 heavy (non-hydrogen) atoms. The number of nitrogens with two attached hydrogens (primary N) is 2. The third-order valence-corrected chi connectivity index (χ3v) is 10.3. The predicted octanol–water partition coefficient (Wildman–Crippen LogP) is -1.99. The number of benzene rings is 1. The maximum absolute atomic E-state index is 13.8. The number of phosphoric acid groups is 1. The molecule has 0 aliphatic carbocycles. The maximum Gasteiger partial charge on any atom is 0.524 e. The van der Waals surface area contributed by atoms with Gasteiger partial charge in [-0.25, -0.2) is 4.57 Å². The van der Waals surface area contributed by atoms with Gasteiger partial charge in [-0.05, 0) is 42.4 Å². The number of phosphoric ester groups is 1. The molecule has 0 aromatic heterocycles. The first-order chi connectivity index (χ1) is 25.3. The molecule has 0 saturated carbocycles. The van der Waals surface area contributed by atoms with Crippen LogP contribution in [0.2, 0.25) is 0 Å². The van der Waals surface area contributed by atoms with Gasteiger partial charge in [0.2, 0.25) is 41.4 Å². The Kier molecular flexibility index (Phi) is 16.3. The quantitative estimate of drug-likeness (QED) is 0.129. The molecule has 3 rings (SSSR count). The van der Waals surface area contributed by atoms with Crippen molar-refractivity contribution in [3.05, 3.63) is 29.8 Å². The summed E-state index contributed by atoms with van der Waals surface area (Å²) in [4.78, 5) is 113. The lowest BCUT2D eigenvalue weighted by molar-refractivity contribution is -0.143. The van der Waals surface area contributed by atoms with E-state index in [9.17, 15) is 38.1 Å². The van der Waals surface area contributed by atoms with Crippen molar-refractivity contribution in [2.45, 2.75) is 89.6 Å². The Balaban J connectivity index is 1.96. The number of carbonyl (C=O) groups excluding carboxylic acids is 7. The molecule has 2 aliphatic rings. The van der Waals surface area contributed by atoms with Crippen LogP contribution in [0.15, 0.2) is 24.3 Å². The summed E-state index contributed by atoms with van der Waals surface area (Å²) in [5, 5.41) is 13.1. The lowest BCUT2D eigenvalue weighted by Gasteiger charge is -2.32. The van der Waals surface area contributed by atoms with Gasteiger partial charge < -0.3 is 47.5 Å². The van der Waals surface area contributed by atoms with E-state index in [2.05, 4.69) is 31.1 Å². The summed E-state index contributed by atoms with van der Waals surface area (Å²) in [6, 6.07) is -1.76. The average Bonchev–Trinajstić information content (AvgIpc) is 3.57. The van der Waals surface area contributed by atoms with Gasteiger partial charge in [0.05, 0.1) is 12.5 Å². The van der Waals surface area contributed by atoms with Gasteiger partial charge in [-0.1, -0.05) is 39.8 Å². The molecule has 0 spiro atoms. The monoisotopic (exact) mass is 798 g/mol. The van der Waals surface area contributed by atoms with E-state index in [0.717, 1.165) is 0 Å². The molecule has 2 fully saturated rings. The van der Waals surface area contributed by atoms with Gasteiger partial charge in [-0.15, -0.1) is 0 Å². The summed E-state index contributed by atoms with van der Waals surface area (Å²) in [5.74, 6) is -5.75. The lowest BCUT2D eigenvalue weighted by Crippen LogP contribution is -2.61. The molecule has 19 nitrogen and oxygen atoms in total. The highest BCUT2D eigenvalue weighted by molar-refractivity contribution is 7.99. The number of fused-ring (bicyclic) bond motifs is 1. The SMILES string of the molecule is CC(C)[C@@H]1NC(=O)[C@H](Cc2ccc(OP(=O)(O)O)cc2)NC(=O)[C@@H](N)CSCCNC(=O)[C@@H]2CCCN2C(=O)[C@H](C(C)C)NC(=O)[C@H](CC(N)=O)NC1=O. The van der Waals surface area contributed by atoms with Gasteiger partial charge in [-0.3, -0.25) is 43.3 Å². The third-order valence-electron chi connectivity index (χ3n) is 8.75. The number of nitrogens with one attached hydrogen (secondary N) is 5. The van der Waals surface area contributed by atoms with E-state index in [-0.39, 0.29) is 36.9 Å². The summed E-state index contributed by atoms with van der Waals surface area (Å²) in [7, 11) is -4.84. The minimum absolute atomic E-state index is 0.118. The summed E-state index contributed by atoms with van der Waals surface area (Å²) < 4.78 is 15.8. The van der Waals surface area contributed by atoms with E-state index in [1.807, 2.05) is 0 Å². The fourth-order valence-electron chi connectivity index (χ4n) is 5.91. The standard InChI is InChI=1S/C33H51N8O11PS/c1-17(2)26-32(47)38-23(15-25(35)42)30(45)40-27(18(3)4)33(48)41-12-5-6-24(41)31(46)36-11-13-54-16-21(34)28(43)37-22(29(44)39-26)14-19-7-9-20(10-8-19)52-53(49,50)51/h7-10,17-18,21-24,26-27H,5-6,11-16,34H2,1-4H3,(H2,35,42)(H,36,46)(H,37,43)(H,38,47)(H,39,44)(H,40,45)(H2,49,50,51)/t21-,22-,23-,24-,26-,27-/m0/s1. The number of rotatable bonds is 8. The van der Waals surface area contributed by atoms with Gasteiger partial charge in [-0.2, -0.15) is 11.8 Å². The Morgan fingerprint density at radius 3 is 2.07 bits per heavy atom. The third kappa shape index (κ3) is 13.3. The predicted molar refractivity (Wildman–Crippen MR) is 197 cm³/mol. The molecular formula is C33H51N8O11PS. The van der Waals surface area contributed by atoms with Gasteiger partial charge in [0.1, 0.15) is 36.0 Å². The minimum Gasteiger partial charge on any atom is -0.404 e. The van der Waals surface area contributed by atoms with Crippen molar-refractivity contribution in [2.75, 3.05) is 24.6 Å². The van der Waals surface area contributed by atoms with Crippen molar-refractivity contribution >= 4 is 60.9 Å². The first kappa shape index (κ1) is 44.2. The van der Waals surface area contributed by atoms with Gasteiger partial charge in [0, 0.05) is 31.0 Å². The molecular weight excluding hydrogens is 747 g/mol. The number of amides is 7. The molecule has 2 saturated heterocycles. The highest BCUT2D eigenvalue weighted by Crippen LogP contribution is 2.37. The van der Waals surface area contributed by atoms with E-state index >= 15 is 0 Å². The van der Waals surface area contributed by atoms with E-state index in [1.165, 1.54) is 40.9 Å². The highest BCUT2D eigenvalue weighted by atomic mass is 32.2. The van der Waals surface area contributed by atoms with Crippen LogP contribution in [0.4, 0.5) is 0 Å². The zero-order chi connectivity index (χ0) is 40.3. The molecule has 300 valence electrons. The second kappa shape index (κ2) is 19.9. The molecule has 0 unspecified atom stereocenters. The van der Waals surface area contributed by atoms with Gasteiger partial charge >= 0.3 is 7.82 Å². The molecule has 7 amide bonds. The van der Waals surface area contributed by atoms with Crippen LogP contribution in [0.25, 0.3) is 0 Å². The molecule has 1 aromatic carbocycles. The topological polar surface area (TPSA) is 302 Å². The number of carbonyl (C=O) groups is 7. The molecule has 6 atom stereocenters. The number of primary amides is 1. The zero-order valence-electron chi connectivity index (χ0n) is 30.6. The van der Waals surface area contributed by atoms with E-state index in [4.69, 9.17) is 21.3 Å². The largest absolute Gasteiger partial charge is 0.524 e. The van der Waals surface area contributed by atoms with Crippen molar-refractivity contribution in [3.63, 3.8) is 0 Å². The second-order valence-electron chi connectivity index (χ2n) is 13.8. The van der Waals surface area contributed by atoms with Crippen molar-refractivity contribution in [3.8, 4) is 5.75 Å². The van der Waals surface area contributed by atoms with Crippen LogP contribution in [0.5, 0.6) is 5.75 Å². The molecule has 11 N–H and O–H groups in total. The fraction of sp³-hybridized carbons (Fsp3) is 0.606. The van der Waals surface area contributed by atoms with Crippen molar-refractivity contribution in [1.82, 2.24) is 31.5 Å². The van der Waals surface area contributed by atoms with Crippen LogP contribution < -0.4 is 42.6 Å². The number of hydrogen-bond donors (Lipinski definition) is 9. The number of nitrogens with zero attached hydrogens (tertiary/aromatic N) is 1. The summed E-state index contributed by atoms with van der Waals surface area (Å²) in [5.41, 5.74) is 12.0. The Labute approximate surface area is 317 Å². The smallest absolute Gasteiger partial charge is 0.404 e. The lowest BCUT2D eigenvalue weighted by atomic mass is 9.99. The zero-order valence-corrected chi connectivity index (χ0v) is 32.3. The van der Waals surface area contributed by atoms with Crippen LogP contribution in [0.1, 0.15) is 52.5 Å². The van der Waals surface area contributed by atoms with Crippen molar-refractivity contribution in [2.24, 2.45) is 23.3 Å². The molecule has 0 bridgehead atoms. The molecule has 1 aromatic rings. The second-order valence-corrected chi connectivity index (χ2v) is 16.2. The molecule has 21 heteroatoms. The fourth-order valence-corrected chi connectivity index (χ4v) is 7.12. The van der Waals surface area contributed by atoms with E-state index in [0.29, 0.717) is 24.2 Å². The van der Waals surface area contributed by atoms with Crippen LogP contribution in [0, 0.1) is 11.8 Å². The van der Waals surface area contributed by atoms with Crippen LogP contribution in [0.3, 0.4) is 0 Å². The Bertz CT molecular complexity index is 1590. The van der Waals surface area contributed by atoms with Crippen molar-refractivity contribution in [1.29, 1.82) is 0 Å².